The number of carboxylic acids is 1. The molecule has 0 spiro atoms. The van der Waals surface area contributed by atoms with E-state index in [0.29, 0.717) is 17.5 Å². The number of carbonyl (C=O) groups is 2. The van der Waals surface area contributed by atoms with E-state index in [1.54, 1.807) is 25.1 Å². The maximum absolute atomic E-state index is 12.7. The zero-order valence-corrected chi connectivity index (χ0v) is 12.7. The molecule has 1 aromatic carbocycles. The van der Waals surface area contributed by atoms with Crippen LogP contribution in [0.15, 0.2) is 41.3 Å². The summed E-state index contributed by atoms with van der Waals surface area (Å²) >= 11 is 0. The van der Waals surface area contributed by atoms with Crippen LogP contribution in [0.3, 0.4) is 0 Å². The monoisotopic (exact) mass is 321 g/mol. The van der Waals surface area contributed by atoms with Crippen molar-refractivity contribution >= 4 is 22.3 Å². The molecular formula is C15H15NO5S. The lowest BCUT2D eigenvalue weighted by molar-refractivity contribution is -0.136. The van der Waals surface area contributed by atoms with Crippen molar-refractivity contribution in [1.82, 2.24) is 3.97 Å². The molecule has 0 aliphatic rings. The molecule has 0 fully saturated rings. The number of aldehydes is 1. The Morgan fingerprint density at radius 3 is 2.45 bits per heavy atom. The van der Waals surface area contributed by atoms with Gasteiger partial charge >= 0.3 is 5.97 Å². The van der Waals surface area contributed by atoms with Gasteiger partial charge in [-0.15, -0.1) is 0 Å². The first-order valence-corrected chi connectivity index (χ1v) is 8.00. The minimum Gasteiger partial charge on any atom is -0.481 e. The number of rotatable bonds is 6. The number of nitrogens with zero attached hydrogens (tertiary/aromatic N) is 1. The average Bonchev–Trinajstić information content (AvgIpc) is 2.82. The van der Waals surface area contributed by atoms with Crippen LogP contribution in [0, 0.1) is 6.92 Å². The maximum Gasteiger partial charge on any atom is 0.303 e. The smallest absolute Gasteiger partial charge is 0.303 e. The molecule has 0 aliphatic carbocycles. The van der Waals surface area contributed by atoms with Crippen LogP contribution in [0.5, 0.6) is 0 Å². The number of benzene rings is 1. The lowest BCUT2D eigenvalue weighted by atomic mass is 10.1. The largest absolute Gasteiger partial charge is 0.481 e. The second-order valence-electron chi connectivity index (χ2n) is 4.79. The van der Waals surface area contributed by atoms with E-state index in [4.69, 9.17) is 5.11 Å². The summed E-state index contributed by atoms with van der Waals surface area (Å²) in [5.41, 5.74) is 0.753. The fourth-order valence-electron chi connectivity index (χ4n) is 2.29. The first-order valence-electron chi connectivity index (χ1n) is 6.56. The lowest BCUT2D eigenvalue weighted by Gasteiger charge is -2.10. The predicted molar refractivity (Wildman–Crippen MR) is 79.5 cm³/mol. The Kier molecular flexibility index (Phi) is 4.46. The fourth-order valence-corrected chi connectivity index (χ4v) is 3.85. The van der Waals surface area contributed by atoms with Gasteiger partial charge < -0.3 is 5.11 Å². The number of aryl methyl sites for hydroxylation is 2. The van der Waals surface area contributed by atoms with Gasteiger partial charge in [-0.1, -0.05) is 18.2 Å². The molecule has 7 heteroatoms. The molecule has 0 saturated heterocycles. The molecule has 2 rings (SSSR count). The van der Waals surface area contributed by atoms with Crippen LogP contribution in [-0.4, -0.2) is 29.8 Å². The van der Waals surface area contributed by atoms with Crippen molar-refractivity contribution in [3.8, 4) is 0 Å². The minimum atomic E-state index is -3.89. The number of carbonyl (C=O) groups excluding carboxylic acids is 1. The second kappa shape index (κ2) is 6.15. The summed E-state index contributed by atoms with van der Waals surface area (Å²) in [4.78, 5) is 22.1. The summed E-state index contributed by atoms with van der Waals surface area (Å²) in [5.74, 6) is -1.01. The van der Waals surface area contributed by atoms with Crippen LogP contribution in [0.25, 0.3) is 0 Å². The molecule has 1 aromatic heterocycles. The van der Waals surface area contributed by atoms with Gasteiger partial charge in [-0.3, -0.25) is 9.59 Å². The number of aliphatic carboxylic acids is 1. The van der Waals surface area contributed by atoms with E-state index in [2.05, 4.69) is 0 Å². The van der Waals surface area contributed by atoms with Crippen LogP contribution in [-0.2, 0) is 21.2 Å². The number of hydrogen-bond acceptors (Lipinski definition) is 4. The standard InChI is InChI=1S/C15H15NO5S/c1-11-9-12(7-8-15(18)19)14(10-17)16(11)22(20,21)13-5-3-2-4-6-13/h2-6,9-10H,7-8H2,1H3,(H,18,19). The van der Waals surface area contributed by atoms with E-state index in [9.17, 15) is 18.0 Å². The zero-order chi connectivity index (χ0) is 16.3. The molecule has 22 heavy (non-hydrogen) atoms. The molecule has 0 bridgehead atoms. The SMILES string of the molecule is Cc1cc(CCC(=O)O)c(C=O)n1S(=O)(=O)c1ccccc1. The molecule has 116 valence electrons. The predicted octanol–water partition coefficient (Wildman–Crippen LogP) is 1.86. The molecule has 0 amide bonds. The molecule has 0 saturated carbocycles. The Labute approximate surface area is 128 Å². The van der Waals surface area contributed by atoms with Crippen LogP contribution >= 0.6 is 0 Å². The minimum absolute atomic E-state index is 0.0254. The quantitative estimate of drug-likeness (QED) is 0.820. The van der Waals surface area contributed by atoms with Gasteiger partial charge in [0, 0.05) is 12.1 Å². The summed E-state index contributed by atoms with van der Waals surface area (Å²) in [7, 11) is -3.89. The zero-order valence-electron chi connectivity index (χ0n) is 11.9. The molecule has 0 aliphatic heterocycles. The van der Waals surface area contributed by atoms with Gasteiger partial charge in [0.1, 0.15) is 5.69 Å². The summed E-state index contributed by atoms with van der Waals surface area (Å²) < 4.78 is 26.3. The van der Waals surface area contributed by atoms with Crippen LogP contribution in [0.4, 0.5) is 0 Å². The van der Waals surface area contributed by atoms with Crippen molar-refractivity contribution in [1.29, 1.82) is 0 Å². The van der Waals surface area contributed by atoms with E-state index in [1.165, 1.54) is 18.2 Å². The first kappa shape index (κ1) is 16.0. The summed E-state index contributed by atoms with van der Waals surface area (Å²) in [6.45, 7) is 1.57. The molecule has 1 heterocycles. The Morgan fingerprint density at radius 1 is 1.27 bits per heavy atom. The highest BCUT2D eigenvalue weighted by Crippen LogP contribution is 2.23. The summed E-state index contributed by atoms with van der Waals surface area (Å²) in [5, 5.41) is 8.74. The Hall–Kier alpha value is -2.41. The van der Waals surface area contributed by atoms with E-state index in [1.807, 2.05) is 0 Å². The normalized spacial score (nSPS) is 11.3. The van der Waals surface area contributed by atoms with Crippen molar-refractivity contribution < 1.29 is 23.1 Å². The van der Waals surface area contributed by atoms with Gasteiger partial charge in [0.15, 0.2) is 6.29 Å². The highest BCUT2D eigenvalue weighted by atomic mass is 32.2. The first-order chi connectivity index (χ1) is 10.4. The third-order valence-electron chi connectivity index (χ3n) is 3.25. The van der Waals surface area contributed by atoms with Gasteiger partial charge in [0.2, 0.25) is 0 Å². The lowest BCUT2D eigenvalue weighted by Crippen LogP contribution is -2.17. The maximum atomic E-state index is 12.7. The average molecular weight is 321 g/mol. The third kappa shape index (κ3) is 2.94. The van der Waals surface area contributed by atoms with Crippen LogP contribution in [0.2, 0.25) is 0 Å². The van der Waals surface area contributed by atoms with Gasteiger partial charge in [-0.25, -0.2) is 12.4 Å². The highest BCUT2D eigenvalue weighted by molar-refractivity contribution is 7.90. The van der Waals surface area contributed by atoms with Crippen molar-refractivity contribution in [2.45, 2.75) is 24.7 Å². The van der Waals surface area contributed by atoms with E-state index < -0.39 is 16.0 Å². The van der Waals surface area contributed by atoms with E-state index in [-0.39, 0.29) is 23.4 Å². The van der Waals surface area contributed by atoms with Crippen LogP contribution in [0.1, 0.15) is 28.2 Å². The van der Waals surface area contributed by atoms with Gasteiger partial charge in [-0.05, 0) is 37.1 Å². The van der Waals surface area contributed by atoms with Gasteiger partial charge in [0.25, 0.3) is 10.0 Å². The van der Waals surface area contributed by atoms with Gasteiger partial charge in [-0.2, -0.15) is 0 Å². The summed E-state index contributed by atoms with van der Waals surface area (Å²) in [6, 6.07) is 9.31. The number of carboxylic acid groups (broad SMARTS) is 1. The molecule has 6 nitrogen and oxygen atoms in total. The molecule has 0 radical (unpaired) electrons. The van der Waals surface area contributed by atoms with Crippen molar-refractivity contribution in [2.24, 2.45) is 0 Å². The van der Waals surface area contributed by atoms with Crippen molar-refractivity contribution in [3.63, 3.8) is 0 Å². The third-order valence-corrected chi connectivity index (χ3v) is 5.09. The van der Waals surface area contributed by atoms with E-state index >= 15 is 0 Å². The Morgan fingerprint density at radius 2 is 1.91 bits per heavy atom. The number of hydrogen-bond donors (Lipinski definition) is 1. The molecule has 0 unspecified atom stereocenters. The van der Waals surface area contributed by atoms with Gasteiger partial charge in [0.05, 0.1) is 4.90 Å². The summed E-state index contributed by atoms with van der Waals surface area (Å²) in [6.07, 6.45) is 0.377. The topological polar surface area (TPSA) is 93.4 Å². The molecule has 1 N–H and O–H groups in total. The second-order valence-corrected chi connectivity index (χ2v) is 6.58. The van der Waals surface area contributed by atoms with Crippen molar-refractivity contribution in [2.75, 3.05) is 0 Å². The van der Waals surface area contributed by atoms with E-state index in [0.717, 1.165) is 3.97 Å². The molecule has 2 aromatic rings. The fraction of sp³-hybridized carbons (Fsp3) is 0.200. The Balaban J connectivity index is 2.56. The van der Waals surface area contributed by atoms with Crippen LogP contribution < -0.4 is 0 Å². The molecular weight excluding hydrogens is 306 g/mol. The Bertz CT molecular complexity index is 806. The highest BCUT2D eigenvalue weighted by Gasteiger charge is 2.24. The molecule has 0 atom stereocenters. The number of aromatic nitrogens is 1. The van der Waals surface area contributed by atoms with Crippen molar-refractivity contribution in [3.05, 3.63) is 53.3 Å².